The molecule has 2 heteroatoms. The Morgan fingerprint density at radius 3 is 2.24 bits per heavy atom. The highest BCUT2D eigenvalue weighted by molar-refractivity contribution is 5.34. The lowest BCUT2D eigenvalue weighted by Gasteiger charge is -2.13. The van der Waals surface area contributed by atoms with Gasteiger partial charge < -0.3 is 0 Å². The second-order valence-electron chi connectivity index (χ2n) is 4.30. The van der Waals surface area contributed by atoms with Crippen molar-refractivity contribution in [1.29, 1.82) is 0 Å². The van der Waals surface area contributed by atoms with Gasteiger partial charge in [-0.25, -0.2) is 8.78 Å². The van der Waals surface area contributed by atoms with Gasteiger partial charge in [0.15, 0.2) is 0 Å². The number of rotatable bonds is 2. The third-order valence-electron chi connectivity index (χ3n) is 3.00. The summed E-state index contributed by atoms with van der Waals surface area (Å²) in [5, 5.41) is 0. The largest absolute Gasteiger partial charge is 0.207 e. The molecule has 1 atom stereocenters. The number of halogens is 2. The number of hydrogen-bond donors (Lipinski definition) is 0. The SMILES string of the molecule is Cc1ccc(C(C)c2cc(F)ccc2F)cc1. The van der Waals surface area contributed by atoms with Gasteiger partial charge in [0.2, 0.25) is 0 Å². The molecular weight excluding hydrogens is 218 g/mol. The van der Waals surface area contributed by atoms with Gasteiger partial charge in [-0.1, -0.05) is 36.8 Å². The van der Waals surface area contributed by atoms with Crippen LogP contribution < -0.4 is 0 Å². The number of benzene rings is 2. The Labute approximate surface area is 99.9 Å². The molecule has 0 radical (unpaired) electrons. The summed E-state index contributed by atoms with van der Waals surface area (Å²) in [7, 11) is 0. The average molecular weight is 232 g/mol. The third kappa shape index (κ3) is 2.52. The monoisotopic (exact) mass is 232 g/mol. The maximum absolute atomic E-state index is 13.6. The lowest BCUT2D eigenvalue weighted by atomic mass is 9.92. The summed E-state index contributed by atoms with van der Waals surface area (Å²) in [5.41, 5.74) is 2.54. The van der Waals surface area contributed by atoms with E-state index in [-0.39, 0.29) is 11.7 Å². The molecule has 2 rings (SSSR count). The van der Waals surface area contributed by atoms with Crippen molar-refractivity contribution in [3.8, 4) is 0 Å². The molecule has 0 aliphatic carbocycles. The van der Waals surface area contributed by atoms with Crippen molar-refractivity contribution < 1.29 is 8.78 Å². The first-order valence-electron chi connectivity index (χ1n) is 5.59. The van der Waals surface area contributed by atoms with Gasteiger partial charge in [-0.15, -0.1) is 0 Å². The Morgan fingerprint density at radius 2 is 1.59 bits per heavy atom. The summed E-state index contributed by atoms with van der Waals surface area (Å²) < 4.78 is 26.7. The van der Waals surface area contributed by atoms with E-state index in [1.54, 1.807) is 0 Å². The van der Waals surface area contributed by atoms with Gasteiger partial charge in [0.05, 0.1) is 0 Å². The van der Waals surface area contributed by atoms with Crippen LogP contribution in [-0.2, 0) is 0 Å². The van der Waals surface area contributed by atoms with Crippen LogP contribution in [0.15, 0.2) is 42.5 Å². The molecule has 0 saturated heterocycles. The first kappa shape index (κ1) is 11.8. The zero-order valence-corrected chi connectivity index (χ0v) is 9.87. The molecule has 2 aromatic carbocycles. The smallest absolute Gasteiger partial charge is 0.127 e. The Hall–Kier alpha value is -1.70. The van der Waals surface area contributed by atoms with Crippen molar-refractivity contribution in [1.82, 2.24) is 0 Å². The van der Waals surface area contributed by atoms with Gasteiger partial charge >= 0.3 is 0 Å². The fraction of sp³-hybridized carbons (Fsp3) is 0.200. The quantitative estimate of drug-likeness (QED) is 0.718. The molecule has 17 heavy (non-hydrogen) atoms. The zero-order chi connectivity index (χ0) is 12.4. The van der Waals surface area contributed by atoms with Crippen molar-refractivity contribution in [3.05, 3.63) is 70.8 Å². The molecule has 0 heterocycles. The normalized spacial score (nSPS) is 12.5. The molecular formula is C15H14F2. The Bertz CT molecular complexity index is 515. The number of hydrogen-bond acceptors (Lipinski definition) is 0. The van der Waals surface area contributed by atoms with Crippen LogP contribution in [0.1, 0.15) is 29.5 Å². The molecule has 88 valence electrons. The second-order valence-corrected chi connectivity index (χ2v) is 4.30. The molecule has 0 amide bonds. The molecule has 0 aliphatic heterocycles. The lowest BCUT2D eigenvalue weighted by Crippen LogP contribution is -2.00. The molecule has 0 N–H and O–H groups in total. The molecule has 0 spiro atoms. The van der Waals surface area contributed by atoms with Gasteiger partial charge in [-0.2, -0.15) is 0 Å². The predicted octanol–water partition coefficient (Wildman–Crippen LogP) is 4.43. The van der Waals surface area contributed by atoms with Crippen LogP contribution in [-0.4, -0.2) is 0 Å². The van der Waals surface area contributed by atoms with E-state index in [1.165, 1.54) is 12.1 Å². The van der Waals surface area contributed by atoms with Crippen LogP contribution in [0, 0.1) is 18.6 Å². The van der Waals surface area contributed by atoms with Gasteiger partial charge in [0.25, 0.3) is 0 Å². The summed E-state index contributed by atoms with van der Waals surface area (Å²) >= 11 is 0. The minimum absolute atomic E-state index is 0.147. The minimum atomic E-state index is -0.402. The zero-order valence-electron chi connectivity index (χ0n) is 9.87. The summed E-state index contributed by atoms with van der Waals surface area (Å²) in [6.07, 6.45) is 0. The predicted molar refractivity (Wildman–Crippen MR) is 65.1 cm³/mol. The topological polar surface area (TPSA) is 0 Å². The maximum atomic E-state index is 13.6. The van der Waals surface area contributed by atoms with E-state index in [1.807, 2.05) is 38.1 Å². The van der Waals surface area contributed by atoms with Gasteiger partial charge in [0.1, 0.15) is 11.6 Å². The Kier molecular flexibility index (Phi) is 3.23. The maximum Gasteiger partial charge on any atom is 0.127 e. The van der Waals surface area contributed by atoms with E-state index in [0.29, 0.717) is 5.56 Å². The fourth-order valence-corrected chi connectivity index (χ4v) is 1.88. The standard InChI is InChI=1S/C15H14F2/c1-10-3-5-12(6-4-10)11(2)14-9-13(16)7-8-15(14)17/h3-9,11H,1-2H3. The van der Waals surface area contributed by atoms with E-state index in [9.17, 15) is 8.78 Å². The molecule has 0 nitrogen and oxygen atoms in total. The van der Waals surface area contributed by atoms with E-state index in [4.69, 9.17) is 0 Å². The van der Waals surface area contributed by atoms with Crippen molar-refractivity contribution in [2.45, 2.75) is 19.8 Å². The first-order valence-corrected chi connectivity index (χ1v) is 5.59. The van der Waals surface area contributed by atoms with Crippen LogP contribution in [0.5, 0.6) is 0 Å². The van der Waals surface area contributed by atoms with E-state index < -0.39 is 5.82 Å². The second kappa shape index (κ2) is 4.66. The minimum Gasteiger partial charge on any atom is -0.207 e. The highest BCUT2D eigenvalue weighted by Crippen LogP contribution is 2.27. The summed E-state index contributed by atoms with van der Waals surface area (Å²) in [6, 6.07) is 11.4. The highest BCUT2D eigenvalue weighted by atomic mass is 19.1. The first-order chi connectivity index (χ1) is 8.08. The fourth-order valence-electron chi connectivity index (χ4n) is 1.88. The summed E-state index contributed by atoms with van der Waals surface area (Å²) in [4.78, 5) is 0. The van der Waals surface area contributed by atoms with Gasteiger partial charge in [0, 0.05) is 5.92 Å². The molecule has 2 aromatic rings. The molecule has 1 unspecified atom stereocenters. The van der Waals surface area contributed by atoms with E-state index in [2.05, 4.69) is 0 Å². The van der Waals surface area contributed by atoms with Crippen molar-refractivity contribution >= 4 is 0 Å². The van der Waals surface area contributed by atoms with Crippen LogP contribution in [0.2, 0.25) is 0 Å². The van der Waals surface area contributed by atoms with Gasteiger partial charge in [-0.05, 0) is 36.2 Å². The molecule has 0 aromatic heterocycles. The lowest BCUT2D eigenvalue weighted by molar-refractivity contribution is 0.579. The van der Waals surface area contributed by atoms with Crippen molar-refractivity contribution in [2.24, 2.45) is 0 Å². The molecule has 0 fully saturated rings. The average Bonchev–Trinajstić information content (AvgIpc) is 2.32. The van der Waals surface area contributed by atoms with Crippen LogP contribution in [0.4, 0.5) is 8.78 Å². The Balaban J connectivity index is 2.39. The molecule has 0 bridgehead atoms. The molecule has 0 saturated carbocycles. The van der Waals surface area contributed by atoms with Crippen molar-refractivity contribution in [3.63, 3.8) is 0 Å². The molecule has 0 aliphatic rings. The number of aryl methyl sites for hydroxylation is 1. The third-order valence-corrected chi connectivity index (χ3v) is 3.00. The van der Waals surface area contributed by atoms with E-state index >= 15 is 0 Å². The summed E-state index contributed by atoms with van der Waals surface area (Å²) in [5.74, 6) is -0.911. The van der Waals surface area contributed by atoms with Crippen LogP contribution in [0.25, 0.3) is 0 Å². The van der Waals surface area contributed by atoms with E-state index in [0.717, 1.165) is 17.2 Å². The highest BCUT2D eigenvalue weighted by Gasteiger charge is 2.13. The van der Waals surface area contributed by atoms with Crippen LogP contribution in [0.3, 0.4) is 0 Å². The van der Waals surface area contributed by atoms with Crippen molar-refractivity contribution in [2.75, 3.05) is 0 Å². The van der Waals surface area contributed by atoms with Gasteiger partial charge in [-0.3, -0.25) is 0 Å². The van der Waals surface area contributed by atoms with Crippen LogP contribution >= 0.6 is 0 Å². The Morgan fingerprint density at radius 1 is 0.941 bits per heavy atom. The summed E-state index contributed by atoms with van der Waals surface area (Å²) in [6.45, 7) is 3.87.